The van der Waals surface area contributed by atoms with Crippen molar-refractivity contribution in [1.29, 1.82) is 0 Å². The second-order valence-corrected chi connectivity index (χ2v) is 4.82. The highest BCUT2D eigenvalue weighted by Gasteiger charge is 2.47. The third-order valence-electron chi connectivity index (χ3n) is 2.95. The van der Waals surface area contributed by atoms with Crippen LogP contribution in [0.2, 0.25) is 0 Å². The van der Waals surface area contributed by atoms with Crippen LogP contribution in [-0.2, 0) is 33.3 Å². The number of esters is 3. The average Bonchev–Trinajstić information content (AvgIpc) is 2.35. The van der Waals surface area contributed by atoms with Gasteiger partial charge in [0.25, 0.3) is 0 Å². The van der Waals surface area contributed by atoms with E-state index in [4.69, 9.17) is 18.9 Å². The van der Waals surface area contributed by atoms with Crippen LogP contribution in [0.15, 0.2) is 0 Å². The van der Waals surface area contributed by atoms with Gasteiger partial charge in [-0.2, -0.15) is 0 Å². The fraction of sp³-hybridized carbons (Fsp3) is 0.750. The summed E-state index contributed by atoms with van der Waals surface area (Å²) in [6.45, 7) is 3.42. The Kier molecular flexibility index (Phi) is 6.16. The van der Waals surface area contributed by atoms with E-state index in [9.17, 15) is 19.5 Å². The van der Waals surface area contributed by atoms with Crippen molar-refractivity contribution in [2.45, 2.75) is 51.2 Å². The minimum absolute atomic E-state index is 0.189. The Balaban J connectivity index is 2.87. The van der Waals surface area contributed by atoms with Crippen LogP contribution in [0, 0.1) is 0 Å². The Labute approximate surface area is 123 Å². The lowest BCUT2D eigenvalue weighted by molar-refractivity contribution is -0.231. The predicted molar refractivity (Wildman–Crippen MR) is 71.0 cm³/mol. The van der Waals surface area contributed by atoms with Crippen molar-refractivity contribution in [3.05, 3.63) is 0 Å². The predicted octanol–water partition coefficient (Wildman–Crippen LogP) is -1.87. The van der Waals surface area contributed by atoms with Gasteiger partial charge in [0, 0.05) is 20.8 Å². The van der Waals surface area contributed by atoms with Gasteiger partial charge < -0.3 is 24.1 Å². The lowest BCUT2D eigenvalue weighted by atomic mass is 9.84. The van der Waals surface area contributed by atoms with E-state index >= 15 is 0 Å². The first-order valence-electron chi connectivity index (χ1n) is 6.53. The van der Waals surface area contributed by atoms with E-state index in [1.807, 2.05) is 0 Å². The molecule has 0 aromatic carbocycles. The normalized spacial score (nSPS) is 32.1. The Bertz CT molecular complexity index is 412. The molecule has 0 aliphatic carbocycles. The quantitative estimate of drug-likeness (QED) is 0.365. The zero-order valence-corrected chi connectivity index (χ0v) is 12.4. The number of hydrogen-bond acceptors (Lipinski definition) is 8. The number of rotatable bonds is 4. The summed E-state index contributed by atoms with van der Waals surface area (Å²) in [6, 6.07) is -0.637. The SMILES string of the molecule is BC1OC(COC(C)=O)C(O)C(OC(C)=O)C1OC(C)=O. The van der Waals surface area contributed by atoms with E-state index < -0.39 is 48.3 Å². The first-order chi connectivity index (χ1) is 9.72. The molecule has 1 saturated heterocycles. The summed E-state index contributed by atoms with van der Waals surface area (Å²) in [4.78, 5) is 33.1. The highest BCUT2D eigenvalue weighted by atomic mass is 16.6. The van der Waals surface area contributed by atoms with Gasteiger partial charge in [-0.1, -0.05) is 0 Å². The summed E-state index contributed by atoms with van der Waals surface area (Å²) < 4.78 is 20.4. The highest BCUT2D eigenvalue weighted by molar-refractivity contribution is 6.11. The third kappa shape index (κ3) is 5.02. The molecule has 1 fully saturated rings. The molecule has 0 amide bonds. The zero-order valence-electron chi connectivity index (χ0n) is 12.4. The summed E-state index contributed by atoms with van der Waals surface area (Å²) in [7, 11) is 1.61. The molecule has 0 saturated carbocycles. The van der Waals surface area contributed by atoms with Crippen molar-refractivity contribution in [3.63, 3.8) is 0 Å². The van der Waals surface area contributed by atoms with Gasteiger partial charge in [0.1, 0.15) is 26.7 Å². The summed E-state index contributed by atoms with van der Waals surface area (Å²) in [5.74, 6) is -1.74. The van der Waals surface area contributed by atoms with Crippen molar-refractivity contribution < 1.29 is 38.4 Å². The number of aliphatic hydroxyl groups is 1. The van der Waals surface area contributed by atoms with E-state index in [2.05, 4.69) is 0 Å². The molecule has 0 aromatic rings. The smallest absolute Gasteiger partial charge is 0.303 e. The van der Waals surface area contributed by atoms with Gasteiger partial charge in [0.2, 0.25) is 0 Å². The largest absolute Gasteiger partial charge is 0.463 e. The topological polar surface area (TPSA) is 108 Å². The number of carbonyl (C=O) groups is 3. The van der Waals surface area contributed by atoms with Crippen LogP contribution in [-0.4, -0.2) is 67.9 Å². The first-order valence-corrected chi connectivity index (χ1v) is 6.53. The molecule has 118 valence electrons. The van der Waals surface area contributed by atoms with E-state index in [1.54, 1.807) is 7.85 Å². The zero-order chi connectivity index (χ0) is 16.2. The Hall–Kier alpha value is -1.61. The van der Waals surface area contributed by atoms with Crippen LogP contribution in [0.1, 0.15) is 20.8 Å². The minimum Gasteiger partial charge on any atom is -0.463 e. The number of carbonyl (C=O) groups excluding carboxylic acids is 3. The van der Waals surface area contributed by atoms with Gasteiger partial charge in [-0.15, -0.1) is 0 Å². The Morgan fingerprint density at radius 3 is 2.05 bits per heavy atom. The van der Waals surface area contributed by atoms with Gasteiger partial charge in [-0.25, -0.2) is 0 Å². The minimum atomic E-state index is -1.28. The van der Waals surface area contributed by atoms with Gasteiger partial charge in [-0.3, -0.25) is 14.4 Å². The molecule has 0 bridgehead atoms. The van der Waals surface area contributed by atoms with Crippen LogP contribution in [0.4, 0.5) is 0 Å². The Morgan fingerprint density at radius 1 is 1.05 bits per heavy atom. The van der Waals surface area contributed by atoms with Crippen LogP contribution < -0.4 is 0 Å². The lowest BCUT2D eigenvalue weighted by Gasteiger charge is -2.42. The summed E-state index contributed by atoms with van der Waals surface area (Å²) >= 11 is 0. The third-order valence-corrected chi connectivity index (χ3v) is 2.95. The molecular weight excluding hydrogens is 283 g/mol. The molecule has 9 heteroatoms. The van der Waals surface area contributed by atoms with Crippen LogP contribution >= 0.6 is 0 Å². The standard InChI is InChI=1S/C12H19BO8/c1-5(14)18-4-8-9(17)10(19-6(2)15)11(12(13)21-8)20-7(3)16/h8-12,17H,4,13H2,1-3H3. The van der Waals surface area contributed by atoms with E-state index in [-0.39, 0.29) is 6.61 Å². The number of aliphatic hydroxyl groups excluding tert-OH is 1. The fourth-order valence-electron chi connectivity index (χ4n) is 2.13. The van der Waals surface area contributed by atoms with Crippen molar-refractivity contribution in [2.75, 3.05) is 6.61 Å². The molecule has 21 heavy (non-hydrogen) atoms. The lowest BCUT2D eigenvalue weighted by Crippen LogP contribution is -2.61. The van der Waals surface area contributed by atoms with Crippen LogP contribution in [0.3, 0.4) is 0 Å². The molecule has 1 aliphatic heterocycles. The molecular formula is C12H19BO8. The van der Waals surface area contributed by atoms with Gasteiger partial charge in [0.05, 0.1) is 6.00 Å². The second-order valence-electron chi connectivity index (χ2n) is 4.82. The molecule has 5 atom stereocenters. The van der Waals surface area contributed by atoms with Gasteiger partial charge in [-0.05, 0) is 0 Å². The fourth-order valence-corrected chi connectivity index (χ4v) is 2.13. The molecule has 0 aromatic heterocycles. The molecule has 1 rings (SSSR count). The average molecular weight is 302 g/mol. The molecule has 0 radical (unpaired) electrons. The molecule has 0 spiro atoms. The first kappa shape index (κ1) is 17.4. The van der Waals surface area contributed by atoms with E-state index in [1.165, 1.54) is 20.8 Å². The van der Waals surface area contributed by atoms with Crippen molar-refractivity contribution in [2.24, 2.45) is 0 Å². The van der Waals surface area contributed by atoms with Gasteiger partial charge in [0.15, 0.2) is 12.2 Å². The van der Waals surface area contributed by atoms with E-state index in [0.717, 1.165) is 0 Å². The number of hydrogen-bond donors (Lipinski definition) is 1. The summed E-state index contributed by atoms with van der Waals surface area (Å²) in [5.41, 5.74) is 0. The molecule has 5 unspecified atom stereocenters. The van der Waals surface area contributed by atoms with Crippen molar-refractivity contribution >= 4 is 25.8 Å². The van der Waals surface area contributed by atoms with E-state index in [0.29, 0.717) is 0 Å². The maximum atomic E-state index is 11.2. The van der Waals surface area contributed by atoms with Crippen LogP contribution in [0.5, 0.6) is 0 Å². The monoisotopic (exact) mass is 302 g/mol. The van der Waals surface area contributed by atoms with Crippen LogP contribution in [0.25, 0.3) is 0 Å². The second kappa shape index (κ2) is 7.42. The Morgan fingerprint density at radius 2 is 1.57 bits per heavy atom. The number of ether oxygens (including phenoxy) is 4. The summed E-state index contributed by atoms with van der Waals surface area (Å²) in [6.07, 6.45) is -4.18. The molecule has 1 N–H and O–H groups in total. The maximum Gasteiger partial charge on any atom is 0.303 e. The van der Waals surface area contributed by atoms with Crippen molar-refractivity contribution in [3.8, 4) is 0 Å². The summed E-state index contributed by atoms with van der Waals surface area (Å²) in [5, 5.41) is 10.2. The molecule has 1 aliphatic rings. The maximum absolute atomic E-state index is 11.2. The molecule has 1 heterocycles. The highest BCUT2D eigenvalue weighted by Crippen LogP contribution is 2.25. The van der Waals surface area contributed by atoms with Crippen molar-refractivity contribution in [1.82, 2.24) is 0 Å². The van der Waals surface area contributed by atoms with Gasteiger partial charge >= 0.3 is 17.9 Å². The molecule has 8 nitrogen and oxygen atoms in total.